The number of nitrogens with two attached hydrogens (primary N) is 1. The van der Waals surface area contributed by atoms with Crippen molar-refractivity contribution in [3.05, 3.63) is 50.6 Å². The van der Waals surface area contributed by atoms with Gasteiger partial charge >= 0.3 is 0 Å². The topological polar surface area (TPSA) is 38.0 Å². The summed E-state index contributed by atoms with van der Waals surface area (Å²) in [7, 11) is 0. The van der Waals surface area contributed by atoms with Crippen LogP contribution >= 0.6 is 39.5 Å². The Morgan fingerprint density at radius 2 is 2.24 bits per heavy atom. The van der Waals surface area contributed by atoms with Crippen LogP contribution in [0, 0.1) is 0 Å². The van der Waals surface area contributed by atoms with Crippen molar-refractivity contribution in [2.24, 2.45) is 5.73 Å². The van der Waals surface area contributed by atoms with Crippen molar-refractivity contribution in [2.75, 3.05) is 5.32 Å². The van der Waals surface area contributed by atoms with E-state index in [0.29, 0.717) is 4.99 Å². The molecule has 0 radical (unpaired) electrons. The van der Waals surface area contributed by atoms with Crippen LogP contribution in [0.1, 0.15) is 11.1 Å². The lowest BCUT2D eigenvalue weighted by molar-refractivity contribution is 1.16. The Hall–Kier alpha value is -0.910. The van der Waals surface area contributed by atoms with Crippen LogP contribution in [0.2, 0.25) is 0 Å². The van der Waals surface area contributed by atoms with Crippen molar-refractivity contribution in [3.63, 3.8) is 0 Å². The fraction of sp³-hybridized carbons (Fsp3) is 0.0833. The molecule has 0 spiro atoms. The fourth-order valence-electron chi connectivity index (χ4n) is 1.51. The minimum absolute atomic E-state index is 0.394. The number of thiophene rings is 1. The first-order chi connectivity index (χ1) is 8.18. The van der Waals surface area contributed by atoms with E-state index in [0.717, 1.165) is 22.3 Å². The Bertz CT molecular complexity index is 523. The lowest BCUT2D eigenvalue weighted by Crippen LogP contribution is -2.14. The molecule has 17 heavy (non-hydrogen) atoms. The highest BCUT2D eigenvalue weighted by molar-refractivity contribution is 9.10. The van der Waals surface area contributed by atoms with Gasteiger partial charge in [-0.1, -0.05) is 18.3 Å². The summed E-state index contributed by atoms with van der Waals surface area (Å²) in [5.41, 5.74) is 8.80. The predicted molar refractivity (Wildman–Crippen MR) is 81.7 cm³/mol. The Kier molecular flexibility index (Phi) is 4.15. The van der Waals surface area contributed by atoms with Crippen molar-refractivity contribution >= 4 is 50.2 Å². The molecule has 0 amide bonds. The minimum atomic E-state index is 0.394. The fourth-order valence-corrected chi connectivity index (χ4v) is 3.11. The summed E-state index contributed by atoms with van der Waals surface area (Å²) in [6, 6.07) is 7.97. The third-order valence-electron chi connectivity index (χ3n) is 2.32. The third kappa shape index (κ3) is 3.06. The van der Waals surface area contributed by atoms with Crippen LogP contribution in [0.3, 0.4) is 0 Å². The van der Waals surface area contributed by atoms with Crippen molar-refractivity contribution in [2.45, 2.75) is 6.54 Å². The summed E-state index contributed by atoms with van der Waals surface area (Å²) < 4.78 is 0.917. The van der Waals surface area contributed by atoms with E-state index in [-0.39, 0.29) is 0 Å². The van der Waals surface area contributed by atoms with Gasteiger partial charge in [-0.3, -0.25) is 0 Å². The molecule has 2 nitrogen and oxygen atoms in total. The van der Waals surface area contributed by atoms with E-state index in [2.05, 4.69) is 38.1 Å². The molecule has 0 unspecified atom stereocenters. The van der Waals surface area contributed by atoms with Gasteiger partial charge < -0.3 is 11.1 Å². The summed E-state index contributed by atoms with van der Waals surface area (Å²) in [4.78, 5) is 0.394. The molecule has 0 atom stereocenters. The molecule has 0 fully saturated rings. The standard InChI is InChI=1S/C12H11BrN2S2/c13-9-2-1-3-10(11(9)12(14)16)15-6-8-4-5-17-7-8/h1-5,7,15H,6H2,(H2,14,16). The van der Waals surface area contributed by atoms with Crippen LogP contribution in [0.15, 0.2) is 39.5 Å². The predicted octanol–water partition coefficient (Wildman–Crippen LogP) is 3.76. The molecule has 1 aromatic carbocycles. The monoisotopic (exact) mass is 326 g/mol. The number of anilines is 1. The average molecular weight is 327 g/mol. The molecule has 0 aliphatic heterocycles. The van der Waals surface area contributed by atoms with Gasteiger partial charge in [0.15, 0.2) is 0 Å². The Labute approximate surface area is 118 Å². The van der Waals surface area contributed by atoms with Crippen LogP contribution < -0.4 is 11.1 Å². The lowest BCUT2D eigenvalue weighted by Gasteiger charge is -2.12. The van der Waals surface area contributed by atoms with Crippen LogP contribution in [0.5, 0.6) is 0 Å². The van der Waals surface area contributed by atoms with Crippen LogP contribution in [-0.2, 0) is 6.54 Å². The second kappa shape index (κ2) is 5.62. The molecule has 0 aliphatic rings. The second-order valence-electron chi connectivity index (χ2n) is 3.51. The summed E-state index contributed by atoms with van der Waals surface area (Å²) in [5, 5.41) is 7.53. The highest BCUT2D eigenvalue weighted by Crippen LogP contribution is 2.25. The maximum Gasteiger partial charge on any atom is 0.107 e. The zero-order valence-corrected chi connectivity index (χ0v) is 12.2. The van der Waals surface area contributed by atoms with E-state index >= 15 is 0 Å². The van der Waals surface area contributed by atoms with Gasteiger partial charge in [-0.05, 0) is 50.5 Å². The normalized spacial score (nSPS) is 10.2. The first kappa shape index (κ1) is 12.5. The van der Waals surface area contributed by atoms with Crippen LogP contribution in [0.4, 0.5) is 5.69 Å². The number of rotatable bonds is 4. The number of benzene rings is 1. The van der Waals surface area contributed by atoms with E-state index in [1.165, 1.54) is 5.56 Å². The van der Waals surface area contributed by atoms with E-state index in [1.807, 2.05) is 18.2 Å². The summed E-state index contributed by atoms with van der Waals surface area (Å²) in [6.07, 6.45) is 0. The Morgan fingerprint density at radius 3 is 2.88 bits per heavy atom. The van der Waals surface area contributed by atoms with Gasteiger partial charge in [0, 0.05) is 22.3 Å². The van der Waals surface area contributed by atoms with E-state index in [1.54, 1.807) is 11.3 Å². The molecule has 0 saturated heterocycles. The molecule has 0 aliphatic carbocycles. The summed E-state index contributed by atoms with van der Waals surface area (Å²) in [5.74, 6) is 0. The zero-order valence-electron chi connectivity index (χ0n) is 8.94. The first-order valence-corrected chi connectivity index (χ1v) is 7.16. The van der Waals surface area contributed by atoms with Gasteiger partial charge in [0.05, 0.1) is 0 Å². The van der Waals surface area contributed by atoms with Crippen molar-refractivity contribution in [3.8, 4) is 0 Å². The lowest BCUT2D eigenvalue weighted by atomic mass is 10.1. The minimum Gasteiger partial charge on any atom is -0.389 e. The molecular formula is C12H11BrN2S2. The quantitative estimate of drug-likeness (QED) is 0.840. The number of nitrogens with one attached hydrogen (secondary N) is 1. The maximum atomic E-state index is 5.73. The van der Waals surface area contributed by atoms with Gasteiger partial charge in [0.25, 0.3) is 0 Å². The summed E-state index contributed by atoms with van der Waals surface area (Å²) in [6.45, 7) is 0.773. The molecule has 2 aromatic rings. The number of hydrogen-bond acceptors (Lipinski definition) is 3. The van der Waals surface area contributed by atoms with Gasteiger partial charge in [0.1, 0.15) is 4.99 Å². The highest BCUT2D eigenvalue weighted by atomic mass is 79.9. The van der Waals surface area contributed by atoms with E-state index in [4.69, 9.17) is 18.0 Å². The molecule has 0 bridgehead atoms. The second-order valence-corrected chi connectivity index (χ2v) is 5.59. The zero-order chi connectivity index (χ0) is 12.3. The maximum absolute atomic E-state index is 5.73. The van der Waals surface area contributed by atoms with Gasteiger partial charge in [0.2, 0.25) is 0 Å². The van der Waals surface area contributed by atoms with Crippen LogP contribution in [0.25, 0.3) is 0 Å². The molecule has 88 valence electrons. The number of halogens is 1. The smallest absolute Gasteiger partial charge is 0.107 e. The molecule has 5 heteroatoms. The van der Waals surface area contributed by atoms with Crippen molar-refractivity contribution in [1.29, 1.82) is 0 Å². The highest BCUT2D eigenvalue weighted by Gasteiger charge is 2.08. The average Bonchev–Trinajstić information content (AvgIpc) is 2.78. The van der Waals surface area contributed by atoms with Gasteiger partial charge in [-0.25, -0.2) is 0 Å². The van der Waals surface area contributed by atoms with Crippen LogP contribution in [-0.4, -0.2) is 4.99 Å². The first-order valence-electron chi connectivity index (χ1n) is 5.01. The van der Waals surface area contributed by atoms with Crippen molar-refractivity contribution < 1.29 is 0 Å². The molecule has 2 rings (SSSR count). The third-order valence-corrected chi connectivity index (χ3v) is 3.92. The number of hydrogen-bond donors (Lipinski definition) is 2. The van der Waals surface area contributed by atoms with E-state index in [9.17, 15) is 0 Å². The van der Waals surface area contributed by atoms with Crippen molar-refractivity contribution in [1.82, 2.24) is 0 Å². The summed E-state index contributed by atoms with van der Waals surface area (Å²) >= 11 is 10.2. The molecule has 0 saturated carbocycles. The molecule has 1 aromatic heterocycles. The largest absolute Gasteiger partial charge is 0.389 e. The SMILES string of the molecule is NC(=S)c1c(Br)cccc1NCc1ccsc1. The van der Waals surface area contributed by atoms with E-state index < -0.39 is 0 Å². The Balaban J connectivity index is 2.21. The molecule has 1 heterocycles. The Morgan fingerprint density at radius 1 is 1.41 bits per heavy atom. The van der Waals surface area contributed by atoms with Gasteiger partial charge in [-0.15, -0.1) is 0 Å². The van der Waals surface area contributed by atoms with Gasteiger partial charge in [-0.2, -0.15) is 11.3 Å². The molecule has 3 N–H and O–H groups in total. The molecular weight excluding hydrogens is 316 g/mol. The number of thiocarbonyl (C=S) groups is 1.